The van der Waals surface area contributed by atoms with Gasteiger partial charge in [-0.2, -0.15) is 0 Å². The lowest BCUT2D eigenvalue weighted by Crippen LogP contribution is -2.28. The fourth-order valence-corrected chi connectivity index (χ4v) is 4.86. The highest BCUT2D eigenvalue weighted by molar-refractivity contribution is 7.98. The van der Waals surface area contributed by atoms with Gasteiger partial charge in [0, 0.05) is 16.9 Å². The van der Waals surface area contributed by atoms with E-state index < -0.39 is 10.0 Å². The number of ether oxygens (including phenoxy) is 1. The van der Waals surface area contributed by atoms with Crippen LogP contribution >= 0.6 is 11.8 Å². The Hall–Kier alpha value is -2.03. The minimum Gasteiger partial charge on any atom is -0.496 e. The largest absolute Gasteiger partial charge is 0.496 e. The number of sulfonamides is 1. The second-order valence-corrected chi connectivity index (χ2v) is 9.88. The van der Waals surface area contributed by atoms with Gasteiger partial charge in [-0.25, -0.2) is 13.1 Å². The minimum absolute atomic E-state index is 0.114. The van der Waals surface area contributed by atoms with E-state index in [9.17, 15) is 13.2 Å². The zero-order valence-corrected chi connectivity index (χ0v) is 19.9. The van der Waals surface area contributed by atoms with Gasteiger partial charge in [-0.3, -0.25) is 4.79 Å². The minimum atomic E-state index is -3.79. The molecule has 2 N–H and O–H groups in total. The topological polar surface area (TPSA) is 84.5 Å². The van der Waals surface area contributed by atoms with Crippen LogP contribution < -0.4 is 14.8 Å². The van der Waals surface area contributed by atoms with Gasteiger partial charge in [0.2, 0.25) is 15.9 Å². The highest BCUT2D eigenvalue weighted by Gasteiger charge is 2.22. The van der Waals surface area contributed by atoms with Crippen molar-refractivity contribution in [3.63, 3.8) is 0 Å². The lowest BCUT2D eigenvalue weighted by atomic mass is 10.0. The third kappa shape index (κ3) is 5.77. The van der Waals surface area contributed by atoms with Crippen LogP contribution in [0.4, 0.5) is 5.69 Å². The Bertz CT molecular complexity index is 1000. The van der Waals surface area contributed by atoms with Crippen LogP contribution in [0.15, 0.2) is 46.2 Å². The summed E-state index contributed by atoms with van der Waals surface area (Å²) in [6, 6.07) is 10.1. The molecule has 0 aromatic heterocycles. The number of carbonyl (C=O) groups is 1. The maximum Gasteiger partial charge on any atom is 0.241 e. The predicted molar refractivity (Wildman–Crippen MR) is 123 cm³/mol. The Morgan fingerprint density at radius 3 is 2.40 bits per heavy atom. The van der Waals surface area contributed by atoms with Gasteiger partial charge in [0.05, 0.1) is 17.7 Å². The molecule has 0 fully saturated rings. The van der Waals surface area contributed by atoms with Crippen LogP contribution in [0.3, 0.4) is 0 Å². The molecule has 6 nitrogen and oxygen atoms in total. The van der Waals surface area contributed by atoms with Gasteiger partial charge < -0.3 is 10.1 Å². The first-order valence-electron chi connectivity index (χ1n) is 9.78. The Labute approximate surface area is 183 Å². The molecule has 8 heteroatoms. The zero-order chi connectivity index (χ0) is 22.5. The second kappa shape index (κ2) is 10.3. The molecule has 0 heterocycles. The number of amides is 1. The van der Waals surface area contributed by atoms with Crippen molar-refractivity contribution in [1.82, 2.24) is 4.72 Å². The summed E-state index contributed by atoms with van der Waals surface area (Å²) in [5.41, 5.74) is 2.31. The maximum absolute atomic E-state index is 13.1. The van der Waals surface area contributed by atoms with Crippen molar-refractivity contribution in [2.75, 3.05) is 18.7 Å². The highest BCUT2D eigenvalue weighted by atomic mass is 32.2. The number of hydrogen-bond acceptors (Lipinski definition) is 5. The molecule has 1 atom stereocenters. The van der Waals surface area contributed by atoms with Crippen molar-refractivity contribution in [2.24, 2.45) is 5.92 Å². The average molecular weight is 451 g/mol. The van der Waals surface area contributed by atoms with Gasteiger partial charge in [-0.05, 0) is 55.0 Å². The first-order chi connectivity index (χ1) is 14.1. The molecule has 0 spiro atoms. The van der Waals surface area contributed by atoms with Crippen molar-refractivity contribution < 1.29 is 17.9 Å². The quantitative estimate of drug-likeness (QED) is 0.539. The number of aryl methyl sites for hydroxylation is 1. The summed E-state index contributed by atoms with van der Waals surface area (Å²) in [6.45, 7) is 7.43. The van der Waals surface area contributed by atoms with E-state index in [-0.39, 0.29) is 22.8 Å². The Kier molecular flexibility index (Phi) is 8.34. The molecule has 2 aromatic rings. The molecule has 0 saturated heterocycles. The van der Waals surface area contributed by atoms with Crippen molar-refractivity contribution in [3.8, 4) is 5.75 Å². The first kappa shape index (κ1) is 24.2. The number of carbonyl (C=O) groups excluding carboxylic acids is 1. The van der Waals surface area contributed by atoms with Gasteiger partial charge >= 0.3 is 0 Å². The molecule has 0 radical (unpaired) electrons. The van der Waals surface area contributed by atoms with E-state index in [2.05, 4.69) is 10.0 Å². The number of nitrogens with one attached hydrogen (secondary N) is 2. The normalized spacial score (nSPS) is 12.6. The van der Waals surface area contributed by atoms with E-state index in [0.717, 1.165) is 21.8 Å². The molecule has 30 heavy (non-hydrogen) atoms. The molecule has 2 rings (SSSR count). The van der Waals surface area contributed by atoms with Crippen LogP contribution in [0, 0.1) is 12.8 Å². The van der Waals surface area contributed by atoms with Crippen molar-refractivity contribution in [2.45, 2.75) is 49.9 Å². The molecule has 0 saturated carbocycles. The molecule has 0 aliphatic carbocycles. The molecule has 164 valence electrons. The fourth-order valence-electron chi connectivity index (χ4n) is 2.99. The van der Waals surface area contributed by atoms with Crippen LogP contribution in [0.25, 0.3) is 0 Å². The van der Waals surface area contributed by atoms with Gasteiger partial charge in [0.25, 0.3) is 0 Å². The lowest BCUT2D eigenvalue weighted by molar-refractivity contribution is -0.118. The molecular weight excluding hydrogens is 420 g/mol. The molecular formula is C22H30N2O4S2. The summed E-state index contributed by atoms with van der Waals surface area (Å²) in [5.74, 6) is 0.392. The van der Waals surface area contributed by atoms with Gasteiger partial charge in [-0.15, -0.1) is 11.8 Å². The van der Waals surface area contributed by atoms with Crippen molar-refractivity contribution >= 4 is 33.4 Å². The van der Waals surface area contributed by atoms with Crippen molar-refractivity contribution in [1.29, 1.82) is 0 Å². The first-order valence-corrected chi connectivity index (χ1v) is 12.5. The number of anilines is 1. The smallest absolute Gasteiger partial charge is 0.241 e. The summed E-state index contributed by atoms with van der Waals surface area (Å²) >= 11 is 1.45. The van der Waals surface area contributed by atoms with Crippen LogP contribution in [-0.4, -0.2) is 27.7 Å². The summed E-state index contributed by atoms with van der Waals surface area (Å²) in [6.07, 6.45) is 2.47. The summed E-state index contributed by atoms with van der Waals surface area (Å²) in [5, 5.41) is 2.83. The maximum atomic E-state index is 13.1. The van der Waals surface area contributed by atoms with E-state index in [0.29, 0.717) is 12.1 Å². The van der Waals surface area contributed by atoms with E-state index >= 15 is 0 Å². The molecule has 0 unspecified atom stereocenters. The Morgan fingerprint density at radius 1 is 1.17 bits per heavy atom. The average Bonchev–Trinajstić information content (AvgIpc) is 2.71. The Balaban J connectivity index is 2.35. The van der Waals surface area contributed by atoms with Crippen LogP contribution in [0.1, 0.15) is 44.4 Å². The standard InChI is InChI=1S/C22H30N2O4S2/c1-7-18(16-8-10-20(28-5)15(4)12-16)24-30(26,27)17-9-11-21(29-6)19(13-17)23-22(25)14(2)3/h8-14,18,24H,7H2,1-6H3,(H,23,25)/t18-/m0/s1. The number of methoxy groups -OCH3 is 1. The van der Waals surface area contributed by atoms with Crippen LogP contribution in [0.5, 0.6) is 5.75 Å². The van der Waals surface area contributed by atoms with E-state index in [1.54, 1.807) is 33.1 Å². The number of hydrogen-bond donors (Lipinski definition) is 2. The summed E-state index contributed by atoms with van der Waals surface area (Å²) in [7, 11) is -2.19. The van der Waals surface area contributed by atoms with Crippen LogP contribution in [-0.2, 0) is 14.8 Å². The van der Waals surface area contributed by atoms with Gasteiger partial charge in [0.15, 0.2) is 0 Å². The Morgan fingerprint density at radius 2 is 1.87 bits per heavy atom. The fraction of sp³-hybridized carbons (Fsp3) is 0.409. The number of rotatable bonds is 9. The van der Waals surface area contributed by atoms with E-state index in [4.69, 9.17) is 4.74 Å². The lowest BCUT2D eigenvalue weighted by Gasteiger charge is -2.20. The second-order valence-electron chi connectivity index (χ2n) is 7.32. The van der Waals surface area contributed by atoms with Gasteiger partial charge in [-0.1, -0.05) is 32.9 Å². The highest BCUT2D eigenvalue weighted by Crippen LogP contribution is 2.30. The zero-order valence-electron chi connectivity index (χ0n) is 18.3. The van der Waals surface area contributed by atoms with Crippen LogP contribution in [0.2, 0.25) is 0 Å². The molecule has 0 aliphatic heterocycles. The predicted octanol–water partition coefficient (Wildman–Crippen LogP) is 4.75. The number of benzene rings is 2. The summed E-state index contributed by atoms with van der Waals surface area (Å²) < 4.78 is 34.3. The van der Waals surface area contributed by atoms with Gasteiger partial charge in [0.1, 0.15) is 5.75 Å². The molecule has 0 aliphatic rings. The van der Waals surface area contributed by atoms with E-state index in [1.165, 1.54) is 17.8 Å². The SMILES string of the molecule is CC[C@H](NS(=O)(=O)c1ccc(SC)c(NC(=O)C(C)C)c1)c1ccc(OC)c(C)c1. The monoisotopic (exact) mass is 450 g/mol. The summed E-state index contributed by atoms with van der Waals surface area (Å²) in [4.78, 5) is 13.1. The third-order valence-corrected chi connectivity index (χ3v) is 7.06. The van der Waals surface area contributed by atoms with E-state index in [1.807, 2.05) is 38.3 Å². The number of thioether (sulfide) groups is 1. The van der Waals surface area contributed by atoms with Crippen molar-refractivity contribution in [3.05, 3.63) is 47.5 Å². The molecule has 1 amide bonds. The molecule has 0 bridgehead atoms. The third-order valence-electron chi connectivity index (χ3n) is 4.79. The molecule has 2 aromatic carbocycles.